The first-order chi connectivity index (χ1) is 9.44. The molecule has 1 aliphatic rings. The molecule has 0 unspecified atom stereocenters. The second-order valence-corrected chi connectivity index (χ2v) is 6.98. The Hall–Kier alpha value is -1.82. The molecular weight excluding hydrogens is 278 g/mol. The lowest BCUT2D eigenvalue weighted by atomic mass is 10.1. The van der Waals surface area contributed by atoms with Gasteiger partial charge in [-0.25, -0.2) is 8.42 Å². The van der Waals surface area contributed by atoms with E-state index in [0.717, 1.165) is 29.6 Å². The fraction of sp³-hybridized carbons (Fsp3) is 0.357. The van der Waals surface area contributed by atoms with E-state index in [4.69, 9.17) is 4.74 Å². The molecule has 1 amide bonds. The lowest BCUT2D eigenvalue weighted by molar-refractivity contribution is -0.116. The summed E-state index contributed by atoms with van der Waals surface area (Å²) in [6.07, 6.45) is 5.13. The Morgan fingerprint density at radius 1 is 1.45 bits per heavy atom. The highest BCUT2D eigenvalue weighted by atomic mass is 32.2. The van der Waals surface area contributed by atoms with Crippen molar-refractivity contribution in [2.24, 2.45) is 0 Å². The molecule has 0 aliphatic carbocycles. The predicted octanol–water partition coefficient (Wildman–Crippen LogP) is 0.795. The Labute approximate surface area is 118 Å². The largest absolute Gasteiger partial charge is 0.493 e. The van der Waals surface area contributed by atoms with Gasteiger partial charge in [-0.15, -0.1) is 0 Å². The molecule has 5 nitrogen and oxygen atoms in total. The Morgan fingerprint density at radius 2 is 2.25 bits per heavy atom. The second kappa shape index (κ2) is 6.09. The summed E-state index contributed by atoms with van der Waals surface area (Å²) in [4.78, 5) is 11.5. The fourth-order valence-electron chi connectivity index (χ4n) is 1.90. The van der Waals surface area contributed by atoms with Crippen molar-refractivity contribution in [1.29, 1.82) is 0 Å². The zero-order chi connectivity index (χ0) is 14.6. The smallest absolute Gasteiger partial charge is 0.244 e. The van der Waals surface area contributed by atoms with Crippen LogP contribution >= 0.6 is 0 Å². The molecule has 0 radical (unpaired) electrons. The van der Waals surface area contributed by atoms with E-state index in [0.29, 0.717) is 6.61 Å². The lowest BCUT2D eigenvalue weighted by Crippen LogP contribution is -2.27. The van der Waals surface area contributed by atoms with E-state index in [-0.39, 0.29) is 18.2 Å². The first-order valence-electron chi connectivity index (χ1n) is 6.33. The SMILES string of the molecule is CS(=O)(=O)CCNC(=O)C=Cc1ccc2c(c1)CCO2. The van der Waals surface area contributed by atoms with Crippen LogP contribution in [0, 0.1) is 0 Å². The summed E-state index contributed by atoms with van der Waals surface area (Å²) in [5.41, 5.74) is 2.07. The molecule has 1 aromatic carbocycles. The predicted molar refractivity (Wildman–Crippen MR) is 77.4 cm³/mol. The minimum absolute atomic E-state index is 0.0528. The second-order valence-electron chi connectivity index (χ2n) is 4.72. The minimum Gasteiger partial charge on any atom is -0.493 e. The number of hydrogen-bond donors (Lipinski definition) is 1. The minimum atomic E-state index is -3.05. The topological polar surface area (TPSA) is 72.5 Å². The monoisotopic (exact) mass is 295 g/mol. The third-order valence-corrected chi connectivity index (χ3v) is 3.86. The van der Waals surface area contributed by atoms with E-state index >= 15 is 0 Å². The lowest BCUT2D eigenvalue weighted by Gasteiger charge is -2.01. The molecule has 1 N–H and O–H groups in total. The number of amides is 1. The van der Waals surface area contributed by atoms with E-state index in [1.54, 1.807) is 6.08 Å². The van der Waals surface area contributed by atoms with Crippen LogP contribution in [-0.4, -0.2) is 39.5 Å². The van der Waals surface area contributed by atoms with Gasteiger partial charge in [0.05, 0.1) is 12.4 Å². The number of hydrogen-bond acceptors (Lipinski definition) is 4. The molecule has 20 heavy (non-hydrogen) atoms. The molecule has 108 valence electrons. The molecule has 6 heteroatoms. The Morgan fingerprint density at radius 3 is 3.00 bits per heavy atom. The Balaban J connectivity index is 1.87. The van der Waals surface area contributed by atoms with Crippen molar-refractivity contribution in [1.82, 2.24) is 5.32 Å². The summed E-state index contributed by atoms with van der Waals surface area (Å²) in [5, 5.41) is 2.53. The van der Waals surface area contributed by atoms with Crippen molar-refractivity contribution in [3.8, 4) is 5.75 Å². The van der Waals surface area contributed by atoms with Gasteiger partial charge in [-0.2, -0.15) is 0 Å². The number of rotatable bonds is 5. The van der Waals surface area contributed by atoms with E-state index in [9.17, 15) is 13.2 Å². The zero-order valence-corrected chi connectivity index (χ0v) is 12.1. The van der Waals surface area contributed by atoms with Crippen molar-refractivity contribution in [3.63, 3.8) is 0 Å². The third kappa shape index (κ3) is 4.38. The summed E-state index contributed by atoms with van der Waals surface area (Å²) in [5.74, 6) is 0.549. The van der Waals surface area contributed by atoms with Gasteiger partial charge in [0.25, 0.3) is 0 Å². The Bertz CT molecular complexity index is 635. The summed E-state index contributed by atoms with van der Waals surface area (Å²) >= 11 is 0. The average Bonchev–Trinajstić information content (AvgIpc) is 2.82. The van der Waals surface area contributed by atoms with E-state index in [2.05, 4.69) is 5.32 Å². The number of sulfone groups is 1. The molecule has 0 saturated heterocycles. The molecule has 0 aromatic heterocycles. The maximum absolute atomic E-state index is 11.5. The average molecular weight is 295 g/mol. The van der Waals surface area contributed by atoms with Crippen molar-refractivity contribution in [3.05, 3.63) is 35.4 Å². The van der Waals surface area contributed by atoms with Crippen molar-refractivity contribution < 1.29 is 17.9 Å². The van der Waals surface area contributed by atoms with Gasteiger partial charge in [-0.05, 0) is 29.3 Å². The van der Waals surface area contributed by atoms with Gasteiger partial charge in [-0.1, -0.05) is 6.07 Å². The molecule has 1 aromatic rings. The molecular formula is C14H17NO4S. The van der Waals surface area contributed by atoms with Gasteiger partial charge in [0.1, 0.15) is 15.6 Å². The van der Waals surface area contributed by atoms with Crippen molar-refractivity contribution in [2.45, 2.75) is 6.42 Å². The number of fused-ring (bicyclic) bond motifs is 1. The highest BCUT2D eigenvalue weighted by Crippen LogP contribution is 2.26. The molecule has 1 heterocycles. The van der Waals surface area contributed by atoms with Gasteiger partial charge in [0.15, 0.2) is 0 Å². The van der Waals surface area contributed by atoms with Crippen LogP contribution in [0.5, 0.6) is 5.75 Å². The molecule has 0 spiro atoms. The van der Waals surface area contributed by atoms with Crippen LogP contribution in [0.3, 0.4) is 0 Å². The van der Waals surface area contributed by atoms with Gasteiger partial charge < -0.3 is 10.1 Å². The molecule has 0 atom stereocenters. The van der Waals surface area contributed by atoms with Gasteiger partial charge in [0, 0.05) is 25.3 Å². The number of carbonyl (C=O) groups is 1. The van der Waals surface area contributed by atoms with Crippen LogP contribution < -0.4 is 10.1 Å². The van der Waals surface area contributed by atoms with Crippen LogP contribution in [0.2, 0.25) is 0 Å². The van der Waals surface area contributed by atoms with Gasteiger partial charge in [-0.3, -0.25) is 4.79 Å². The zero-order valence-electron chi connectivity index (χ0n) is 11.3. The number of carbonyl (C=O) groups excluding carboxylic acids is 1. The molecule has 2 rings (SSSR count). The first-order valence-corrected chi connectivity index (χ1v) is 8.39. The highest BCUT2D eigenvalue weighted by Gasteiger charge is 2.11. The van der Waals surface area contributed by atoms with Crippen LogP contribution in [0.4, 0.5) is 0 Å². The molecule has 1 aliphatic heterocycles. The fourth-order valence-corrected chi connectivity index (χ4v) is 2.37. The Kier molecular flexibility index (Phi) is 4.44. The van der Waals surface area contributed by atoms with E-state index in [1.165, 1.54) is 6.08 Å². The van der Waals surface area contributed by atoms with Gasteiger partial charge >= 0.3 is 0 Å². The van der Waals surface area contributed by atoms with Crippen molar-refractivity contribution in [2.75, 3.05) is 25.2 Å². The van der Waals surface area contributed by atoms with Crippen LogP contribution in [0.15, 0.2) is 24.3 Å². The van der Waals surface area contributed by atoms with Crippen LogP contribution in [0.1, 0.15) is 11.1 Å². The van der Waals surface area contributed by atoms with E-state index in [1.807, 2.05) is 18.2 Å². The van der Waals surface area contributed by atoms with Crippen LogP contribution in [-0.2, 0) is 21.1 Å². The summed E-state index contributed by atoms with van der Waals surface area (Å²) < 4.78 is 27.2. The van der Waals surface area contributed by atoms with Gasteiger partial charge in [0.2, 0.25) is 5.91 Å². The maximum atomic E-state index is 11.5. The first kappa shape index (κ1) is 14.6. The van der Waals surface area contributed by atoms with E-state index < -0.39 is 9.84 Å². The summed E-state index contributed by atoms with van der Waals surface area (Å²) in [6.45, 7) is 0.828. The number of nitrogens with one attached hydrogen (secondary N) is 1. The molecule has 0 saturated carbocycles. The summed E-state index contributed by atoms with van der Waals surface area (Å²) in [6, 6.07) is 5.76. The van der Waals surface area contributed by atoms with Crippen LogP contribution in [0.25, 0.3) is 6.08 Å². The quantitative estimate of drug-likeness (QED) is 0.815. The summed E-state index contributed by atoms with van der Waals surface area (Å²) in [7, 11) is -3.05. The highest BCUT2D eigenvalue weighted by molar-refractivity contribution is 7.90. The number of ether oxygens (including phenoxy) is 1. The molecule has 0 fully saturated rings. The third-order valence-electron chi connectivity index (χ3n) is 2.91. The standard InChI is InChI=1S/C14H17NO4S/c1-20(17,18)9-7-15-14(16)5-3-11-2-4-13-12(10-11)6-8-19-13/h2-5,10H,6-9H2,1H3,(H,15,16). The normalized spacial score (nSPS) is 14.1. The number of benzene rings is 1. The molecule has 0 bridgehead atoms. The van der Waals surface area contributed by atoms with Crippen molar-refractivity contribution >= 4 is 21.8 Å². The maximum Gasteiger partial charge on any atom is 0.244 e.